The van der Waals surface area contributed by atoms with Crippen molar-refractivity contribution in [2.75, 3.05) is 0 Å². The molecule has 0 aromatic heterocycles. The second-order valence-corrected chi connectivity index (χ2v) is 15.2. The normalized spacial score (nSPS) is 16.9. The summed E-state index contributed by atoms with van der Waals surface area (Å²) in [6.45, 7) is 4.79. The number of allylic oxidation sites excluding steroid dienone is 1. The fourth-order valence-corrected chi connectivity index (χ4v) is 13.7. The molecule has 1 unspecified atom stereocenters. The molecule has 5 rings (SSSR count). The Balaban J connectivity index is 1.74. The number of rotatable bonds is 2. The van der Waals surface area contributed by atoms with Crippen molar-refractivity contribution < 1.29 is 21.3 Å². The van der Waals surface area contributed by atoms with Gasteiger partial charge in [0.1, 0.15) is 0 Å². The van der Waals surface area contributed by atoms with Crippen LogP contribution in [0.3, 0.4) is 0 Å². The fourth-order valence-electron chi connectivity index (χ4n) is 4.79. The molecule has 0 saturated heterocycles. The standard InChI is InChI=1S/C13H9.C9H7.C3H6.Zr/c1-3-7-12-10(5-1)9-11-6-2-4-8-13(11)12;1-2-5-9-7-3-6-8(9)4-1;1-3-2;/h1-9H;1-7H;1-2H3;. The zero-order chi connectivity index (χ0) is 17.7. The number of hydrogen-bond acceptors (Lipinski definition) is 0. The Labute approximate surface area is 163 Å². The van der Waals surface area contributed by atoms with Crippen LogP contribution in [0.1, 0.15) is 43.4 Å². The van der Waals surface area contributed by atoms with Crippen LogP contribution in [0.4, 0.5) is 0 Å². The molecule has 0 amide bonds. The Morgan fingerprint density at radius 1 is 0.692 bits per heavy atom. The van der Waals surface area contributed by atoms with Crippen molar-refractivity contribution in [3.63, 3.8) is 0 Å². The molecule has 0 bridgehead atoms. The number of hydrogen-bond donors (Lipinski definition) is 0. The summed E-state index contributed by atoms with van der Waals surface area (Å²) in [6.07, 6.45) is 4.87. The first-order valence-electron chi connectivity index (χ1n) is 9.38. The molecule has 26 heavy (non-hydrogen) atoms. The van der Waals surface area contributed by atoms with Gasteiger partial charge in [0, 0.05) is 0 Å². The van der Waals surface area contributed by atoms with E-state index in [9.17, 15) is 0 Å². The predicted molar refractivity (Wildman–Crippen MR) is 108 cm³/mol. The van der Waals surface area contributed by atoms with E-state index in [1.54, 1.807) is 19.9 Å². The first-order valence-corrected chi connectivity index (χ1v) is 13.4. The van der Waals surface area contributed by atoms with Gasteiger partial charge in [-0.3, -0.25) is 0 Å². The van der Waals surface area contributed by atoms with Gasteiger partial charge in [0.15, 0.2) is 0 Å². The molecule has 0 saturated carbocycles. The molecule has 0 radical (unpaired) electrons. The molecule has 3 aromatic rings. The second kappa shape index (κ2) is 6.39. The van der Waals surface area contributed by atoms with Crippen LogP contribution in [-0.4, -0.2) is 3.21 Å². The van der Waals surface area contributed by atoms with Gasteiger partial charge in [0.2, 0.25) is 0 Å². The van der Waals surface area contributed by atoms with Crippen molar-refractivity contribution in [1.82, 2.24) is 0 Å². The summed E-state index contributed by atoms with van der Waals surface area (Å²) in [5, 5.41) is 0. The second-order valence-electron chi connectivity index (χ2n) is 7.53. The zero-order valence-electron chi connectivity index (χ0n) is 15.2. The monoisotopic (exact) mass is 412 g/mol. The van der Waals surface area contributed by atoms with Crippen LogP contribution in [-0.2, 0) is 21.3 Å². The van der Waals surface area contributed by atoms with Crippen molar-refractivity contribution in [2.45, 2.75) is 21.1 Å². The molecule has 0 aliphatic heterocycles. The molecule has 0 nitrogen and oxygen atoms in total. The molecule has 2 aliphatic carbocycles. The van der Waals surface area contributed by atoms with E-state index in [-0.39, 0.29) is 0 Å². The van der Waals surface area contributed by atoms with E-state index in [1.807, 2.05) is 0 Å². The summed E-state index contributed by atoms with van der Waals surface area (Å²) in [6, 6.07) is 27.2. The van der Waals surface area contributed by atoms with Gasteiger partial charge in [-0.15, -0.1) is 0 Å². The van der Waals surface area contributed by atoms with E-state index in [0.29, 0.717) is 7.25 Å². The van der Waals surface area contributed by atoms with Crippen molar-refractivity contribution >= 4 is 9.28 Å². The zero-order valence-corrected chi connectivity index (χ0v) is 17.7. The summed E-state index contributed by atoms with van der Waals surface area (Å²) in [4.78, 5) is 0. The fraction of sp³-hybridized carbons (Fsp3) is 0.160. The third-order valence-corrected chi connectivity index (χ3v) is 14.6. The Kier molecular flexibility index (Phi) is 4.02. The predicted octanol–water partition coefficient (Wildman–Crippen LogP) is 6.35. The van der Waals surface area contributed by atoms with Gasteiger partial charge in [-0.05, 0) is 0 Å². The summed E-state index contributed by atoms with van der Waals surface area (Å²) < 4.78 is 2.97. The van der Waals surface area contributed by atoms with Crippen LogP contribution in [0.15, 0.2) is 78.9 Å². The van der Waals surface area contributed by atoms with Crippen LogP contribution >= 0.6 is 0 Å². The molecule has 0 N–H and O–H groups in total. The molecule has 0 fully saturated rings. The number of benzene rings is 3. The van der Waals surface area contributed by atoms with Gasteiger partial charge in [0.05, 0.1) is 0 Å². The molecule has 1 heteroatoms. The maximum absolute atomic E-state index is 2.51. The molecular weight excluding hydrogens is 391 g/mol. The average Bonchev–Trinajstić information content (AvgIpc) is 3.23. The van der Waals surface area contributed by atoms with Crippen LogP contribution in [0.25, 0.3) is 17.2 Å². The number of fused-ring (bicyclic) bond motifs is 4. The van der Waals surface area contributed by atoms with E-state index < -0.39 is 21.3 Å². The summed E-state index contributed by atoms with van der Waals surface area (Å²) in [5.74, 6) is 0. The third kappa shape index (κ3) is 2.41. The molecule has 3 aromatic carbocycles. The van der Waals surface area contributed by atoms with Crippen molar-refractivity contribution in [1.29, 1.82) is 0 Å². The van der Waals surface area contributed by atoms with Gasteiger partial charge < -0.3 is 0 Å². The first kappa shape index (κ1) is 16.3. The van der Waals surface area contributed by atoms with Crippen LogP contribution in [0.2, 0.25) is 0 Å². The average molecular weight is 414 g/mol. The Morgan fingerprint density at radius 2 is 1.23 bits per heavy atom. The van der Waals surface area contributed by atoms with Crippen molar-refractivity contribution in [3.05, 3.63) is 101 Å². The van der Waals surface area contributed by atoms with Crippen molar-refractivity contribution in [2.24, 2.45) is 0 Å². The quantitative estimate of drug-likeness (QED) is 0.459. The SMILES string of the molecule is C[C](C)=[Zr]([CH]1C=Cc2ccccc21)[CH]1c2ccccc2-c2ccccc21. The molecule has 0 heterocycles. The Hall–Kier alpha value is -1.85. The Morgan fingerprint density at radius 3 is 1.85 bits per heavy atom. The van der Waals surface area contributed by atoms with Crippen LogP contribution in [0, 0.1) is 0 Å². The van der Waals surface area contributed by atoms with E-state index in [1.165, 1.54) is 16.7 Å². The topological polar surface area (TPSA) is 0 Å². The first-order chi connectivity index (χ1) is 12.8. The molecule has 1 atom stereocenters. The van der Waals surface area contributed by atoms with E-state index >= 15 is 0 Å². The van der Waals surface area contributed by atoms with Crippen molar-refractivity contribution in [3.8, 4) is 11.1 Å². The van der Waals surface area contributed by atoms with Crippen LogP contribution in [0.5, 0.6) is 0 Å². The van der Waals surface area contributed by atoms with Crippen LogP contribution < -0.4 is 0 Å². The van der Waals surface area contributed by atoms with E-state index in [4.69, 9.17) is 0 Å². The molecule has 0 spiro atoms. The summed E-state index contributed by atoms with van der Waals surface area (Å²) in [5.41, 5.74) is 9.05. The maximum atomic E-state index is 2.51. The van der Waals surface area contributed by atoms with Gasteiger partial charge in [-0.2, -0.15) is 0 Å². The van der Waals surface area contributed by atoms with Gasteiger partial charge in [-0.25, -0.2) is 0 Å². The van der Waals surface area contributed by atoms with E-state index in [2.05, 4.69) is 98.8 Å². The minimum atomic E-state index is -2.03. The van der Waals surface area contributed by atoms with E-state index in [0.717, 1.165) is 0 Å². The van der Waals surface area contributed by atoms with Gasteiger partial charge >= 0.3 is 164 Å². The molecule has 2 aliphatic rings. The van der Waals surface area contributed by atoms with Gasteiger partial charge in [0.25, 0.3) is 0 Å². The summed E-state index contributed by atoms with van der Waals surface area (Å²) in [7, 11) is 0. The Bertz CT molecular complexity index is 1020. The molecular formula is C25H22Zr. The summed E-state index contributed by atoms with van der Waals surface area (Å²) >= 11 is -2.03. The van der Waals surface area contributed by atoms with Gasteiger partial charge in [-0.1, -0.05) is 0 Å². The minimum absolute atomic E-state index is 0.621. The third-order valence-electron chi connectivity index (χ3n) is 5.86. The molecule has 126 valence electrons.